The summed E-state index contributed by atoms with van der Waals surface area (Å²) in [7, 11) is 0. The van der Waals surface area contributed by atoms with Crippen LogP contribution in [0.1, 0.15) is 25.8 Å². The molecule has 96 valence electrons. The molecule has 1 heterocycles. The Labute approximate surface area is 112 Å². The van der Waals surface area contributed by atoms with Crippen molar-refractivity contribution >= 4 is 21.7 Å². The van der Waals surface area contributed by atoms with E-state index in [4.69, 9.17) is 4.74 Å². The van der Waals surface area contributed by atoms with Crippen LogP contribution in [0.4, 0.5) is 5.82 Å². The van der Waals surface area contributed by atoms with Crippen molar-refractivity contribution in [2.75, 3.05) is 25.1 Å². The van der Waals surface area contributed by atoms with Crippen LogP contribution in [0.2, 0.25) is 0 Å². The van der Waals surface area contributed by atoms with Gasteiger partial charge in [0.05, 0.1) is 4.47 Å². The number of nitrogens with one attached hydrogen (secondary N) is 1. The lowest BCUT2D eigenvalue weighted by atomic mass is 10.2. The standard InChI is InChI=1S/C13H21BrN2O/c1-10(2)9-17-8-4-6-15-13-12(14)11(3)5-7-16-13/h5,7,10H,4,6,8-9H2,1-3H3,(H,15,16). The molecule has 0 fully saturated rings. The Balaban J connectivity index is 2.20. The molecule has 1 aromatic heterocycles. The van der Waals surface area contributed by atoms with Crippen LogP contribution in [0, 0.1) is 12.8 Å². The molecular weight excluding hydrogens is 280 g/mol. The van der Waals surface area contributed by atoms with E-state index in [9.17, 15) is 0 Å². The van der Waals surface area contributed by atoms with E-state index in [0.29, 0.717) is 5.92 Å². The Morgan fingerprint density at radius 3 is 2.94 bits per heavy atom. The maximum Gasteiger partial charge on any atom is 0.140 e. The number of halogens is 1. The fourth-order valence-corrected chi connectivity index (χ4v) is 1.74. The topological polar surface area (TPSA) is 34.2 Å². The van der Waals surface area contributed by atoms with E-state index >= 15 is 0 Å². The molecule has 4 heteroatoms. The van der Waals surface area contributed by atoms with Crippen molar-refractivity contribution < 1.29 is 4.74 Å². The second-order valence-electron chi connectivity index (χ2n) is 4.54. The Kier molecular flexibility index (Phi) is 6.52. The van der Waals surface area contributed by atoms with Gasteiger partial charge in [-0.15, -0.1) is 0 Å². The van der Waals surface area contributed by atoms with Crippen LogP contribution in [0.15, 0.2) is 16.7 Å². The number of pyridine rings is 1. The van der Waals surface area contributed by atoms with Crippen LogP contribution in [-0.2, 0) is 4.74 Å². The first kappa shape index (κ1) is 14.5. The van der Waals surface area contributed by atoms with Crippen molar-refractivity contribution in [1.82, 2.24) is 4.98 Å². The van der Waals surface area contributed by atoms with Gasteiger partial charge in [-0.25, -0.2) is 4.98 Å². The predicted molar refractivity (Wildman–Crippen MR) is 75.4 cm³/mol. The zero-order valence-electron chi connectivity index (χ0n) is 10.8. The molecule has 17 heavy (non-hydrogen) atoms. The largest absolute Gasteiger partial charge is 0.381 e. The second kappa shape index (κ2) is 7.67. The molecule has 3 nitrogen and oxygen atoms in total. The van der Waals surface area contributed by atoms with Crippen LogP contribution < -0.4 is 5.32 Å². The first-order chi connectivity index (χ1) is 8.11. The number of aryl methyl sites for hydroxylation is 1. The smallest absolute Gasteiger partial charge is 0.140 e. The molecule has 1 aromatic rings. The highest BCUT2D eigenvalue weighted by Gasteiger charge is 2.02. The molecule has 0 saturated heterocycles. The highest BCUT2D eigenvalue weighted by Crippen LogP contribution is 2.22. The fraction of sp³-hybridized carbons (Fsp3) is 0.615. The number of nitrogens with zero attached hydrogens (tertiary/aromatic N) is 1. The molecule has 0 saturated carbocycles. The SMILES string of the molecule is Cc1ccnc(NCCCOCC(C)C)c1Br. The summed E-state index contributed by atoms with van der Waals surface area (Å²) in [6.07, 6.45) is 2.81. The molecule has 0 radical (unpaired) electrons. The summed E-state index contributed by atoms with van der Waals surface area (Å²) in [5.41, 5.74) is 1.19. The predicted octanol–water partition coefficient (Wildman–Crippen LogP) is 3.63. The number of hydrogen-bond donors (Lipinski definition) is 1. The van der Waals surface area contributed by atoms with E-state index in [2.05, 4.69) is 47.0 Å². The van der Waals surface area contributed by atoms with Gasteiger partial charge >= 0.3 is 0 Å². The number of anilines is 1. The third-order valence-corrected chi connectivity index (χ3v) is 3.29. The quantitative estimate of drug-likeness (QED) is 0.781. The van der Waals surface area contributed by atoms with E-state index in [0.717, 1.165) is 36.5 Å². The molecular formula is C13H21BrN2O. The van der Waals surface area contributed by atoms with Gasteiger partial charge < -0.3 is 10.1 Å². The molecule has 0 bridgehead atoms. The monoisotopic (exact) mass is 300 g/mol. The van der Waals surface area contributed by atoms with Crippen LogP contribution >= 0.6 is 15.9 Å². The summed E-state index contributed by atoms with van der Waals surface area (Å²) < 4.78 is 6.56. The van der Waals surface area contributed by atoms with Crippen molar-refractivity contribution in [1.29, 1.82) is 0 Å². The lowest BCUT2D eigenvalue weighted by molar-refractivity contribution is 0.110. The molecule has 0 aliphatic carbocycles. The van der Waals surface area contributed by atoms with Crippen molar-refractivity contribution in [3.8, 4) is 0 Å². The Morgan fingerprint density at radius 2 is 2.24 bits per heavy atom. The summed E-state index contributed by atoms with van der Waals surface area (Å²) in [4.78, 5) is 4.29. The van der Waals surface area contributed by atoms with Crippen molar-refractivity contribution in [2.45, 2.75) is 27.2 Å². The minimum absolute atomic E-state index is 0.607. The van der Waals surface area contributed by atoms with Crippen molar-refractivity contribution in [3.05, 3.63) is 22.3 Å². The minimum atomic E-state index is 0.607. The zero-order chi connectivity index (χ0) is 12.7. The van der Waals surface area contributed by atoms with E-state index < -0.39 is 0 Å². The highest BCUT2D eigenvalue weighted by molar-refractivity contribution is 9.10. The first-order valence-electron chi connectivity index (χ1n) is 6.04. The maximum absolute atomic E-state index is 5.51. The number of ether oxygens (including phenoxy) is 1. The Hall–Kier alpha value is -0.610. The molecule has 0 spiro atoms. The van der Waals surface area contributed by atoms with Gasteiger partial charge in [0.2, 0.25) is 0 Å². The van der Waals surface area contributed by atoms with Crippen LogP contribution in [0.25, 0.3) is 0 Å². The van der Waals surface area contributed by atoms with Gasteiger partial charge in [-0.1, -0.05) is 13.8 Å². The molecule has 1 N–H and O–H groups in total. The van der Waals surface area contributed by atoms with Gasteiger partial charge in [-0.3, -0.25) is 0 Å². The van der Waals surface area contributed by atoms with Crippen LogP contribution in [-0.4, -0.2) is 24.7 Å². The fourth-order valence-electron chi connectivity index (χ4n) is 1.36. The van der Waals surface area contributed by atoms with E-state index in [-0.39, 0.29) is 0 Å². The number of hydrogen-bond acceptors (Lipinski definition) is 3. The van der Waals surface area contributed by atoms with Crippen molar-refractivity contribution in [3.63, 3.8) is 0 Å². The van der Waals surface area contributed by atoms with Gasteiger partial charge in [0, 0.05) is 26.0 Å². The van der Waals surface area contributed by atoms with Gasteiger partial charge in [0.1, 0.15) is 5.82 Å². The first-order valence-corrected chi connectivity index (χ1v) is 6.83. The number of rotatable bonds is 7. The second-order valence-corrected chi connectivity index (χ2v) is 5.33. The van der Waals surface area contributed by atoms with E-state index in [1.807, 2.05) is 12.3 Å². The third-order valence-electron chi connectivity index (χ3n) is 2.29. The van der Waals surface area contributed by atoms with E-state index in [1.165, 1.54) is 5.56 Å². The molecule has 0 aromatic carbocycles. The molecule has 0 aliphatic heterocycles. The molecule has 0 atom stereocenters. The van der Waals surface area contributed by atoms with Crippen LogP contribution in [0.3, 0.4) is 0 Å². The summed E-state index contributed by atoms with van der Waals surface area (Å²) in [6.45, 7) is 8.90. The summed E-state index contributed by atoms with van der Waals surface area (Å²) >= 11 is 3.53. The van der Waals surface area contributed by atoms with E-state index in [1.54, 1.807) is 0 Å². The van der Waals surface area contributed by atoms with Gasteiger partial charge in [0.25, 0.3) is 0 Å². The van der Waals surface area contributed by atoms with Gasteiger partial charge in [-0.05, 0) is 46.8 Å². The molecule has 0 amide bonds. The Bertz CT molecular complexity index is 342. The average Bonchev–Trinajstić information content (AvgIpc) is 2.28. The zero-order valence-corrected chi connectivity index (χ0v) is 12.4. The maximum atomic E-state index is 5.51. The minimum Gasteiger partial charge on any atom is -0.381 e. The van der Waals surface area contributed by atoms with Crippen molar-refractivity contribution in [2.24, 2.45) is 5.92 Å². The summed E-state index contributed by atoms with van der Waals surface area (Å²) in [5.74, 6) is 1.52. The summed E-state index contributed by atoms with van der Waals surface area (Å²) in [5, 5.41) is 3.30. The molecule has 0 unspecified atom stereocenters. The highest BCUT2D eigenvalue weighted by atomic mass is 79.9. The normalized spacial score (nSPS) is 10.9. The Morgan fingerprint density at radius 1 is 1.47 bits per heavy atom. The third kappa shape index (κ3) is 5.50. The lowest BCUT2D eigenvalue weighted by Crippen LogP contribution is -2.09. The van der Waals surface area contributed by atoms with Gasteiger partial charge in [0.15, 0.2) is 0 Å². The van der Waals surface area contributed by atoms with Gasteiger partial charge in [-0.2, -0.15) is 0 Å². The lowest BCUT2D eigenvalue weighted by Gasteiger charge is -2.10. The average molecular weight is 301 g/mol. The molecule has 0 aliphatic rings. The summed E-state index contributed by atoms with van der Waals surface area (Å²) in [6, 6.07) is 1.99. The number of aromatic nitrogens is 1. The molecule has 1 rings (SSSR count). The van der Waals surface area contributed by atoms with Crippen LogP contribution in [0.5, 0.6) is 0 Å².